The standard InChI is InChI=1S/C16H19NO2/c1-18-14-9-7-13(8-10-14)15-5-2-3-6-16(15)19-12-4-11-17/h2-3,5-10H,4,11-12,17H2,1H3. The van der Waals surface area contributed by atoms with E-state index in [9.17, 15) is 0 Å². The largest absolute Gasteiger partial charge is 0.497 e. The van der Waals surface area contributed by atoms with Crippen LogP contribution in [0.25, 0.3) is 11.1 Å². The maximum atomic E-state index is 5.78. The molecule has 100 valence electrons. The molecule has 0 amide bonds. The first-order chi connectivity index (χ1) is 9.35. The van der Waals surface area contributed by atoms with Crippen molar-refractivity contribution in [2.45, 2.75) is 6.42 Å². The number of hydrogen-bond acceptors (Lipinski definition) is 3. The molecule has 2 N–H and O–H groups in total. The van der Waals surface area contributed by atoms with Crippen LogP contribution >= 0.6 is 0 Å². The van der Waals surface area contributed by atoms with E-state index in [1.807, 2.05) is 42.5 Å². The molecule has 3 heteroatoms. The SMILES string of the molecule is COc1ccc(-c2ccccc2OCCCN)cc1. The molecule has 0 spiro atoms. The van der Waals surface area contributed by atoms with Crippen molar-refractivity contribution < 1.29 is 9.47 Å². The first-order valence-corrected chi connectivity index (χ1v) is 6.41. The van der Waals surface area contributed by atoms with Gasteiger partial charge < -0.3 is 15.2 Å². The summed E-state index contributed by atoms with van der Waals surface area (Å²) in [5.74, 6) is 1.74. The summed E-state index contributed by atoms with van der Waals surface area (Å²) in [5.41, 5.74) is 7.68. The third-order valence-corrected chi connectivity index (χ3v) is 2.89. The van der Waals surface area contributed by atoms with Crippen LogP contribution in [0.3, 0.4) is 0 Å². The Balaban J connectivity index is 2.22. The van der Waals surface area contributed by atoms with Gasteiger partial charge in [-0.15, -0.1) is 0 Å². The molecule has 0 aromatic heterocycles. The van der Waals surface area contributed by atoms with E-state index in [4.69, 9.17) is 15.2 Å². The van der Waals surface area contributed by atoms with Crippen molar-refractivity contribution >= 4 is 0 Å². The molecule has 2 rings (SSSR count). The first kappa shape index (κ1) is 13.4. The number of para-hydroxylation sites is 1. The normalized spacial score (nSPS) is 10.2. The molecular weight excluding hydrogens is 238 g/mol. The molecule has 0 radical (unpaired) electrons. The van der Waals surface area contributed by atoms with Crippen molar-refractivity contribution in [1.29, 1.82) is 0 Å². The second-order valence-corrected chi connectivity index (χ2v) is 4.22. The third kappa shape index (κ3) is 3.48. The molecule has 0 heterocycles. The van der Waals surface area contributed by atoms with Gasteiger partial charge in [-0.1, -0.05) is 30.3 Å². The van der Waals surface area contributed by atoms with Gasteiger partial charge in [0.15, 0.2) is 0 Å². The average molecular weight is 257 g/mol. The fourth-order valence-electron chi connectivity index (χ4n) is 1.87. The molecule has 0 fully saturated rings. The Morgan fingerprint density at radius 1 is 1.00 bits per heavy atom. The molecule has 2 aromatic carbocycles. The van der Waals surface area contributed by atoms with Gasteiger partial charge in [0.1, 0.15) is 11.5 Å². The highest BCUT2D eigenvalue weighted by atomic mass is 16.5. The molecule has 0 bridgehead atoms. The van der Waals surface area contributed by atoms with Crippen LogP contribution in [0.5, 0.6) is 11.5 Å². The van der Waals surface area contributed by atoms with Crippen LogP contribution in [0.1, 0.15) is 6.42 Å². The van der Waals surface area contributed by atoms with E-state index >= 15 is 0 Å². The van der Waals surface area contributed by atoms with Crippen LogP contribution in [0.15, 0.2) is 48.5 Å². The molecule has 0 aliphatic rings. The van der Waals surface area contributed by atoms with E-state index in [0.717, 1.165) is 29.0 Å². The molecule has 0 saturated carbocycles. The van der Waals surface area contributed by atoms with Crippen LogP contribution < -0.4 is 15.2 Å². The zero-order valence-corrected chi connectivity index (χ0v) is 11.1. The number of hydrogen-bond donors (Lipinski definition) is 1. The lowest BCUT2D eigenvalue weighted by molar-refractivity contribution is 0.314. The summed E-state index contributed by atoms with van der Waals surface area (Å²) in [5, 5.41) is 0. The molecule has 19 heavy (non-hydrogen) atoms. The molecule has 0 atom stereocenters. The van der Waals surface area contributed by atoms with Crippen LogP contribution in [-0.2, 0) is 0 Å². The quantitative estimate of drug-likeness (QED) is 0.809. The Hall–Kier alpha value is -2.00. The lowest BCUT2D eigenvalue weighted by Crippen LogP contribution is -2.06. The Morgan fingerprint density at radius 2 is 1.74 bits per heavy atom. The highest BCUT2D eigenvalue weighted by Gasteiger charge is 2.05. The smallest absolute Gasteiger partial charge is 0.127 e. The summed E-state index contributed by atoms with van der Waals surface area (Å²) in [6.45, 7) is 1.29. The fourth-order valence-corrected chi connectivity index (χ4v) is 1.87. The second-order valence-electron chi connectivity index (χ2n) is 4.22. The number of benzene rings is 2. The van der Waals surface area contributed by atoms with Gasteiger partial charge in [0, 0.05) is 5.56 Å². The van der Waals surface area contributed by atoms with Gasteiger partial charge in [-0.2, -0.15) is 0 Å². The maximum absolute atomic E-state index is 5.78. The predicted octanol–water partition coefficient (Wildman–Crippen LogP) is 3.09. The Bertz CT molecular complexity index is 508. The fraction of sp³-hybridized carbons (Fsp3) is 0.250. The highest BCUT2D eigenvalue weighted by molar-refractivity contribution is 5.70. The first-order valence-electron chi connectivity index (χ1n) is 6.41. The van der Waals surface area contributed by atoms with E-state index in [1.165, 1.54) is 0 Å². The predicted molar refractivity (Wildman–Crippen MR) is 77.6 cm³/mol. The zero-order valence-electron chi connectivity index (χ0n) is 11.1. The molecule has 0 aliphatic carbocycles. The second kappa shape index (κ2) is 6.81. The highest BCUT2D eigenvalue weighted by Crippen LogP contribution is 2.30. The summed E-state index contributed by atoms with van der Waals surface area (Å²) in [4.78, 5) is 0. The maximum Gasteiger partial charge on any atom is 0.127 e. The van der Waals surface area contributed by atoms with E-state index in [0.29, 0.717) is 13.2 Å². The minimum absolute atomic E-state index is 0.643. The van der Waals surface area contributed by atoms with Gasteiger partial charge in [0.05, 0.1) is 13.7 Å². The zero-order chi connectivity index (χ0) is 13.5. The van der Waals surface area contributed by atoms with Crippen molar-refractivity contribution in [3.8, 4) is 22.6 Å². The molecule has 0 unspecified atom stereocenters. The summed E-state index contributed by atoms with van der Waals surface area (Å²) >= 11 is 0. The van der Waals surface area contributed by atoms with Crippen molar-refractivity contribution in [2.24, 2.45) is 5.73 Å². The van der Waals surface area contributed by atoms with Crippen molar-refractivity contribution in [2.75, 3.05) is 20.3 Å². The van der Waals surface area contributed by atoms with E-state index < -0.39 is 0 Å². The summed E-state index contributed by atoms with van der Waals surface area (Å²) in [6.07, 6.45) is 0.858. The van der Waals surface area contributed by atoms with Crippen molar-refractivity contribution in [3.63, 3.8) is 0 Å². The monoisotopic (exact) mass is 257 g/mol. The van der Waals surface area contributed by atoms with E-state index in [2.05, 4.69) is 6.07 Å². The summed E-state index contributed by atoms with van der Waals surface area (Å²) in [6, 6.07) is 16.0. The molecule has 0 saturated heterocycles. The minimum Gasteiger partial charge on any atom is -0.497 e. The van der Waals surface area contributed by atoms with Gasteiger partial charge in [0.25, 0.3) is 0 Å². The van der Waals surface area contributed by atoms with Crippen LogP contribution in [-0.4, -0.2) is 20.3 Å². The van der Waals surface area contributed by atoms with Gasteiger partial charge >= 0.3 is 0 Å². The van der Waals surface area contributed by atoms with Crippen LogP contribution in [0, 0.1) is 0 Å². The van der Waals surface area contributed by atoms with Gasteiger partial charge in [0.2, 0.25) is 0 Å². The van der Waals surface area contributed by atoms with Crippen LogP contribution in [0.2, 0.25) is 0 Å². The van der Waals surface area contributed by atoms with Gasteiger partial charge in [-0.05, 0) is 36.7 Å². The lowest BCUT2D eigenvalue weighted by atomic mass is 10.0. The Morgan fingerprint density at radius 3 is 2.42 bits per heavy atom. The topological polar surface area (TPSA) is 44.5 Å². The number of ether oxygens (including phenoxy) is 2. The summed E-state index contributed by atoms with van der Waals surface area (Å²) in [7, 11) is 1.67. The summed E-state index contributed by atoms with van der Waals surface area (Å²) < 4.78 is 10.9. The van der Waals surface area contributed by atoms with Gasteiger partial charge in [-0.25, -0.2) is 0 Å². The molecule has 2 aromatic rings. The number of nitrogens with two attached hydrogens (primary N) is 1. The van der Waals surface area contributed by atoms with E-state index in [-0.39, 0.29) is 0 Å². The minimum atomic E-state index is 0.643. The lowest BCUT2D eigenvalue weighted by Gasteiger charge is -2.11. The Labute approximate surface area is 114 Å². The van der Waals surface area contributed by atoms with Crippen molar-refractivity contribution in [3.05, 3.63) is 48.5 Å². The van der Waals surface area contributed by atoms with Crippen LogP contribution in [0.4, 0.5) is 0 Å². The van der Waals surface area contributed by atoms with Crippen molar-refractivity contribution in [1.82, 2.24) is 0 Å². The molecule has 0 aliphatic heterocycles. The Kier molecular flexibility index (Phi) is 4.81. The number of methoxy groups -OCH3 is 1. The van der Waals surface area contributed by atoms with E-state index in [1.54, 1.807) is 7.11 Å². The number of rotatable bonds is 6. The third-order valence-electron chi connectivity index (χ3n) is 2.89. The van der Waals surface area contributed by atoms with Gasteiger partial charge in [-0.3, -0.25) is 0 Å². The molecular formula is C16H19NO2. The average Bonchev–Trinajstić information content (AvgIpc) is 2.48. The molecule has 3 nitrogen and oxygen atoms in total.